The van der Waals surface area contributed by atoms with Crippen molar-refractivity contribution >= 4 is 65.0 Å². The fourth-order valence-corrected chi connectivity index (χ4v) is 9.22. The van der Waals surface area contributed by atoms with Crippen LogP contribution in [0.4, 0.5) is 4.39 Å². The van der Waals surface area contributed by atoms with Gasteiger partial charge in [0.2, 0.25) is 53.2 Å². The lowest BCUT2D eigenvalue weighted by Gasteiger charge is -2.30. The molecule has 0 aliphatic carbocycles. The van der Waals surface area contributed by atoms with Crippen molar-refractivity contribution in [2.45, 2.75) is 169 Å². The highest BCUT2D eigenvalue weighted by atomic mass is 19.1. The highest BCUT2D eigenvalue weighted by Crippen LogP contribution is 2.23. The molecule has 0 unspecified atom stereocenters. The van der Waals surface area contributed by atoms with E-state index in [1.807, 2.05) is 0 Å². The molecule has 0 spiro atoms. The number of unbranched alkanes of at least 4 members (excludes halogenated alkanes) is 4. The molecule has 0 bridgehead atoms. The number of aliphatic hydroxyl groups excluding tert-OH is 2. The van der Waals surface area contributed by atoms with Crippen molar-refractivity contribution in [3.05, 3.63) is 30.0 Å². The number of aliphatic hydroxyl groups is 2. The largest absolute Gasteiger partial charge is 0.389 e. The van der Waals surface area contributed by atoms with Gasteiger partial charge >= 0.3 is 0 Å². The highest BCUT2D eigenvalue weighted by molar-refractivity contribution is 6.02. The number of guanidine groups is 1. The minimum Gasteiger partial charge on any atom is -0.389 e. The molecule has 2 heterocycles. The van der Waals surface area contributed by atoms with Crippen molar-refractivity contribution in [3.8, 4) is 0 Å². The molecule has 1 aliphatic rings. The number of rotatable bonds is 46. The number of carbonyl (C=O) groups excluding carboxylic acids is 10. The summed E-state index contributed by atoms with van der Waals surface area (Å²) in [6, 6.07) is -11.8. The van der Waals surface area contributed by atoms with Gasteiger partial charge in [-0.2, -0.15) is 0 Å². The van der Waals surface area contributed by atoms with Crippen LogP contribution in [0.1, 0.15) is 102 Å². The lowest BCUT2D eigenvalue weighted by molar-refractivity contribution is -0.142. The van der Waals surface area contributed by atoms with Gasteiger partial charge < -0.3 is 125 Å². The van der Waals surface area contributed by atoms with Crippen LogP contribution in [0.5, 0.6) is 0 Å². The second-order valence-corrected chi connectivity index (χ2v) is 21.6. The number of nitrogens with zero attached hydrogens (tertiary/aromatic N) is 3. The van der Waals surface area contributed by atoms with Gasteiger partial charge in [0.25, 0.3) is 5.91 Å². The number of aromatic nitrogens is 2. The second-order valence-electron chi connectivity index (χ2n) is 21.6. The summed E-state index contributed by atoms with van der Waals surface area (Å²) >= 11 is 0. The smallest absolute Gasteiger partial charge is 0.268 e. The van der Waals surface area contributed by atoms with Crippen molar-refractivity contribution in [3.63, 3.8) is 0 Å². The molecule has 36 heteroatoms. The molecule has 0 aromatic carbocycles. The fourth-order valence-electron chi connectivity index (χ4n) is 9.22. The maximum Gasteiger partial charge on any atom is 0.268 e. The molecule has 1 aromatic rings. The summed E-state index contributed by atoms with van der Waals surface area (Å²) in [4.78, 5) is 150. The van der Waals surface area contributed by atoms with Crippen LogP contribution in [-0.2, 0) is 54.4 Å². The van der Waals surface area contributed by atoms with Crippen LogP contribution in [0.15, 0.2) is 29.3 Å². The van der Waals surface area contributed by atoms with Crippen molar-refractivity contribution < 1.29 is 62.5 Å². The number of likely N-dealkylation sites (tertiary alicyclic amines) is 1. The number of H-pyrrole nitrogens is 1. The summed E-state index contributed by atoms with van der Waals surface area (Å²) in [5, 5.41) is 43.8. The lowest BCUT2D eigenvalue weighted by atomic mass is 10.0. The molecule has 2 rings (SSSR count). The molecule has 10 amide bonds. The van der Waals surface area contributed by atoms with Gasteiger partial charge in [0.05, 0.1) is 37.7 Å². The molecule has 32 N–H and O–H groups in total. The lowest BCUT2D eigenvalue weighted by Crippen LogP contribution is -2.63. The Morgan fingerprint density at radius 2 is 1.21 bits per heavy atom. The Morgan fingerprint density at radius 3 is 1.79 bits per heavy atom. The Labute approximate surface area is 522 Å². The number of imidazole rings is 1. The standard InChI is InChI=1S/C54H100FN23O12/c55-31-23-39(78(29-31)53(90)37(14-9-20-60)71-42(81)28-69-51(88)43(40(79)25-61)77-52(89)44(41(80)26-62)76-45(82)33(63)11-1-4-16-56)50(87)75-38(24-32-27-66-30-70-32)49(86)74-35(13-3-6-18-58)47(84)73-36(15-10-22-68-54(64)65)48(85)72-34(12-2-5-17-57)46(83)67-21-8-7-19-59/h15,27,30-31,33-35,37-41,43-44,79-80H,1-14,16-26,28-29,56-63H2,(H,66,70)(H,67,83)(H,69,88)(H,71,81)(H,72,85)(H,73,84)(H,74,86)(H,75,87)(H,76,82)(H,77,89)(H4,64,65,68)/b36-15-/t31-,33+,34+,35+,37-,38+,39+,40+,41+,43+,44+/m1/s1. The third-order valence-electron chi connectivity index (χ3n) is 14.3. The topological polar surface area (TPSA) is 624 Å². The third-order valence-corrected chi connectivity index (χ3v) is 14.3. The van der Waals surface area contributed by atoms with E-state index < -0.39 is 158 Å². The van der Waals surface area contributed by atoms with E-state index in [1.165, 1.54) is 18.6 Å². The normalized spacial score (nSPS) is 16.9. The monoisotopic (exact) mass is 1280 g/mol. The zero-order valence-electron chi connectivity index (χ0n) is 51.1. The average Bonchev–Trinajstić information content (AvgIpc) is 2.67. The number of aliphatic imine (C=N–C) groups is 1. The predicted octanol–water partition coefficient (Wildman–Crippen LogP) is -9.47. The maximum atomic E-state index is 15.6. The molecule has 35 nitrogen and oxygen atoms in total. The van der Waals surface area contributed by atoms with Gasteiger partial charge in [-0.15, -0.1) is 0 Å². The van der Waals surface area contributed by atoms with Crippen molar-refractivity contribution in [2.75, 3.05) is 72.0 Å². The molecule has 0 radical (unpaired) electrons. The molecule has 510 valence electrons. The number of amides is 10. The summed E-state index contributed by atoms with van der Waals surface area (Å²) in [5.74, 6) is -9.53. The van der Waals surface area contributed by atoms with Crippen molar-refractivity contribution in [1.82, 2.24) is 62.7 Å². The number of nitrogens with two attached hydrogens (primary N) is 10. The summed E-state index contributed by atoms with van der Waals surface area (Å²) in [6.45, 7) is -1.06. The van der Waals surface area contributed by atoms with Gasteiger partial charge in [0.1, 0.15) is 54.2 Å². The molecular weight excluding hydrogens is 1180 g/mol. The van der Waals surface area contributed by atoms with Gasteiger partial charge in [0.15, 0.2) is 5.96 Å². The number of nitrogens with one attached hydrogen (secondary N) is 10. The van der Waals surface area contributed by atoms with E-state index in [1.54, 1.807) is 0 Å². The van der Waals surface area contributed by atoms with E-state index in [4.69, 9.17) is 57.3 Å². The number of aromatic amines is 1. The molecule has 11 atom stereocenters. The van der Waals surface area contributed by atoms with Gasteiger partial charge in [-0.05, 0) is 116 Å². The van der Waals surface area contributed by atoms with Gasteiger partial charge in [-0.25, -0.2) is 9.37 Å². The Hall–Kier alpha value is -7.55. The zero-order valence-corrected chi connectivity index (χ0v) is 51.1. The summed E-state index contributed by atoms with van der Waals surface area (Å²) in [7, 11) is 0. The van der Waals surface area contributed by atoms with Crippen LogP contribution in [0.3, 0.4) is 0 Å². The number of carbonyl (C=O) groups is 10. The first-order valence-corrected chi connectivity index (χ1v) is 30.4. The van der Waals surface area contributed by atoms with E-state index in [-0.39, 0.29) is 82.7 Å². The quantitative estimate of drug-likeness (QED) is 0.0125. The first kappa shape index (κ1) is 78.5. The summed E-state index contributed by atoms with van der Waals surface area (Å²) < 4.78 is 15.6. The maximum absolute atomic E-state index is 15.6. The van der Waals surface area contributed by atoms with Crippen LogP contribution in [0.25, 0.3) is 0 Å². The van der Waals surface area contributed by atoms with E-state index in [0.717, 1.165) is 4.90 Å². The van der Waals surface area contributed by atoms with Gasteiger partial charge in [-0.1, -0.05) is 12.5 Å². The van der Waals surface area contributed by atoms with Crippen LogP contribution in [0, 0.1) is 0 Å². The summed E-state index contributed by atoms with van der Waals surface area (Å²) in [6.07, 6.45) is 2.26. The zero-order chi connectivity index (χ0) is 67.1. The van der Waals surface area contributed by atoms with Gasteiger partial charge in [0, 0.05) is 50.9 Å². The Morgan fingerprint density at radius 1 is 0.644 bits per heavy atom. The minimum atomic E-state index is -1.88. The van der Waals surface area contributed by atoms with E-state index >= 15 is 4.39 Å². The molecule has 1 aliphatic heterocycles. The van der Waals surface area contributed by atoms with E-state index in [2.05, 4.69) is 62.8 Å². The van der Waals surface area contributed by atoms with Crippen molar-refractivity contribution in [2.24, 2.45) is 62.3 Å². The van der Waals surface area contributed by atoms with Crippen LogP contribution >= 0.6 is 0 Å². The average molecular weight is 1280 g/mol. The van der Waals surface area contributed by atoms with E-state index in [0.29, 0.717) is 76.8 Å². The van der Waals surface area contributed by atoms with E-state index in [9.17, 15) is 58.2 Å². The highest BCUT2D eigenvalue weighted by Gasteiger charge is 2.44. The van der Waals surface area contributed by atoms with Crippen LogP contribution in [0.2, 0.25) is 0 Å². The first-order chi connectivity index (χ1) is 43.0. The number of halogens is 1. The molecule has 0 saturated carbocycles. The molecule has 1 aromatic heterocycles. The Bertz CT molecular complexity index is 2460. The minimum absolute atomic E-state index is 0.00508. The first-order valence-electron chi connectivity index (χ1n) is 30.4. The third kappa shape index (κ3) is 28.9. The number of hydrogen-bond donors (Lipinski definition) is 22. The summed E-state index contributed by atoms with van der Waals surface area (Å²) in [5.41, 5.74) is 56.6. The molecule has 90 heavy (non-hydrogen) atoms. The fraction of sp³-hybridized carbons (Fsp3) is 0.704. The van der Waals surface area contributed by atoms with Crippen LogP contribution in [-0.4, -0.2) is 229 Å². The number of alkyl halides is 1. The SMILES string of the molecule is NCCCCNC(=O)[C@H](CCCCN)NC(=O)/C(=C/CCN=C(N)N)NC(=O)[C@H](CCCCN)NC(=O)[C@H](Cc1cnc[nH]1)NC(=O)[C@@H]1C[C@@H](F)CN1C(=O)[C@@H](CCCN)NC(=O)CNC(=O)[C@@H](NC(=O)[C@@H](NC(=O)[C@@H](N)CCCCN)[C@@H](O)CN)[C@@H](O)CN. The predicted molar refractivity (Wildman–Crippen MR) is 330 cm³/mol. The van der Waals surface area contributed by atoms with Gasteiger partial charge in [-0.3, -0.25) is 52.9 Å². The molecule has 1 fully saturated rings. The Kier molecular flexibility index (Phi) is 38.4. The van der Waals surface area contributed by atoms with Crippen LogP contribution < -0.4 is 105 Å². The molecule has 1 saturated heterocycles. The second kappa shape index (κ2) is 44.0. The molecular formula is C54H100FN23O12. The van der Waals surface area contributed by atoms with Crippen molar-refractivity contribution in [1.29, 1.82) is 0 Å². The Balaban J connectivity index is 2.42. The number of hydrogen-bond acceptors (Lipinski definition) is 22.